The summed E-state index contributed by atoms with van der Waals surface area (Å²) in [5.41, 5.74) is 9.74. The fraction of sp³-hybridized carbons (Fsp3) is 0.159. The number of pyridine rings is 1. The molecular weight excluding hydrogens is 617 g/mol. The fourth-order valence-corrected chi connectivity index (χ4v) is 7.35. The maximum atomic E-state index is 9.45. The summed E-state index contributed by atoms with van der Waals surface area (Å²) in [6.07, 6.45) is 0. The first-order valence-corrected chi connectivity index (χ1v) is 16.9. The third-order valence-electron chi connectivity index (χ3n) is 9.75. The average Bonchev–Trinajstić information content (AvgIpc) is 3.85. The maximum absolute atomic E-state index is 9.45. The van der Waals surface area contributed by atoms with Gasteiger partial charge in [-0.15, -0.1) is 0 Å². The quantitative estimate of drug-likeness (QED) is 0.185. The number of aromatic nitrogens is 3. The SMILES string of the molecule is [2H]C([2H])([2H])c1cccc2nc(-c3cccc4c3oc3c4ccc4c5ccc(C#N)nc5oc43)n(-c3c(C(C)C)cc(-c4ccccc4)cc3C(C)C)c12. The van der Waals surface area contributed by atoms with Gasteiger partial charge in [0.2, 0.25) is 5.71 Å². The second-order valence-corrected chi connectivity index (χ2v) is 13.5. The van der Waals surface area contributed by atoms with Crippen molar-refractivity contribution in [2.45, 2.75) is 46.4 Å². The summed E-state index contributed by atoms with van der Waals surface area (Å²) in [5.74, 6) is 0.767. The third-order valence-corrected chi connectivity index (χ3v) is 9.75. The molecule has 242 valence electrons. The van der Waals surface area contributed by atoms with Crippen LogP contribution in [0.1, 0.15) is 66.0 Å². The fourth-order valence-electron chi connectivity index (χ4n) is 7.35. The third kappa shape index (κ3) is 4.40. The van der Waals surface area contributed by atoms with Crippen molar-refractivity contribution in [2.24, 2.45) is 0 Å². The van der Waals surface area contributed by atoms with Crippen molar-refractivity contribution in [1.82, 2.24) is 14.5 Å². The van der Waals surface area contributed by atoms with Crippen LogP contribution in [-0.2, 0) is 0 Å². The summed E-state index contributed by atoms with van der Waals surface area (Å²) in [6.45, 7) is 6.30. The van der Waals surface area contributed by atoms with Crippen LogP contribution in [0.3, 0.4) is 0 Å². The highest BCUT2D eigenvalue weighted by Gasteiger charge is 2.27. The molecule has 0 N–H and O–H groups in total. The van der Waals surface area contributed by atoms with E-state index in [9.17, 15) is 5.26 Å². The molecule has 0 aliphatic rings. The second-order valence-electron chi connectivity index (χ2n) is 13.5. The lowest BCUT2D eigenvalue weighted by molar-refractivity contribution is 0.626. The zero-order valence-electron chi connectivity index (χ0n) is 31.1. The molecule has 9 rings (SSSR count). The number of fused-ring (bicyclic) bond motifs is 8. The highest BCUT2D eigenvalue weighted by atomic mass is 16.4. The molecule has 0 amide bonds. The molecule has 50 heavy (non-hydrogen) atoms. The van der Waals surface area contributed by atoms with Crippen LogP contribution in [0.2, 0.25) is 0 Å². The molecule has 0 saturated heterocycles. The number of nitrogens with zero attached hydrogens (tertiary/aromatic N) is 4. The Labute approximate surface area is 293 Å². The van der Waals surface area contributed by atoms with Gasteiger partial charge in [0.1, 0.15) is 23.2 Å². The molecule has 0 radical (unpaired) electrons. The minimum absolute atomic E-state index is 0.0925. The number of nitriles is 1. The Hall–Kier alpha value is -6.19. The number of rotatable bonds is 5. The van der Waals surface area contributed by atoms with Crippen LogP contribution in [0.15, 0.2) is 112 Å². The van der Waals surface area contributed by atoms with Gasteiger partial charge in [-0.25, -0.2) is 9.97 Å². The topological polar surface area (TPSA) is 80.8 Å². The van der Waals surface area contributed by atoms with Crippen LogP contribution in [-0.4, -0.2) is 14.5 Å². The van der Waals surface area contributed by atoms with Crippen LogP contribution in [0, 0.1) is 18.2 Å². The van der Waals surface area contributed by atoms with E-state index >= 15 is 0 Å². The van der Waals surface area contributed by atoms with Crippen LogP contribution in [0.25, 0.3) is 83.2 Å². The normalized spacial score (nSPS) is 13.2. The van der Waals surface area contributed by atoms with E-state index in [-0.39, 0.29) is 23.1 Å². The summed E-state index contributed by atoms with van der Waals surface area (Å²) in [4.78, 5) is 9.64. The second kappa shape index (κ2) is 11.2. The van der Waals surface area contributed by atoms with E-state index in [0.29, 0.717) is 39.3 Å². The number of para-hydroxylation sites is 2. The molecule has 0 atom stereocenters. The first kappa shape index (κ1) is 26.7. The Morgan fingerprint density at radius 3 is 2.08 bits per heavy atom. The highest BCUT2D eigenvalue weighted by molar-refractivity contribution is 6.20. The predicted octanol–water partition coefficient (Wildman–Crippen LogP) is 12.0. The zero-order valence-corrected chi connectivity index (χ0v) is 28.1. The van der Waals surface area contributed by atoms with Gasteiger partial charge in [0.15, 0.2) is 11.2 Å². The van der Waals surface area contributed by atoms with Gasteiger partial charge in [-0.05, 0) is 95.0 Å². The van der Waals surface area contributed by atoms with Gasteiger partial charge < -0.3 is 8.83 Å². The lowest BCUT2D eigenvalue weighted by atomic mass is 9.88. The summed E-state index contributed by atoms with van der Waals surface area (Å²) < 4.78 is 41.1. The van der Waals surface area contributed by atoms with Crippen LogP contribution in [0.4, 0.5) is 0 Å². The molecule has 9 aromatic rings. The van der Waals surface area contributed by atoms with Gasteiger partial charge >= 0.3 is 0 Å². The first-order valence-electron chi connectivity index (χ1n) is 18.4. The van der Waals surface area contributed by atoms with Crippen LogP contribution < -0.4 is 0 Å². The molecule has 4 heterocycles. The van der Waals surface area contributed by atoms with Gasteiger partial charge in [0.25, 0.3) is 0 Å². The summed E-state index contributed by atoms with van der Waals surface area (Å²) in [5, 5.41) is 12.8. The molecule has 0 fully saturated rings. The Kier molecular flexibility index (Phi) is 5.98. The van der Waals surface area contributed by atoms with E-state index < -0.39 is 6.85 Å². The maximum Gasteiger partial charge on any atom is 0.228 e. The highest BCUT2D eigenvalue weighted by Crippen LogP contribution is 2.44. The molecule has 5 aromatic carbocycles. The first-order chi connectivity index (χ1) is 25.5. The number of hydrogen-bond donors (Lipinski definition) is 0. The zero-order chi connectivity index (χ0) is 36.8. The molecule has 6 nitrogen and oxygen atoms in total. The van der Waals surface area contributed by atoms with Crippen molar-refractivity contribution < 1.29 is 12.9 Å². The van der Waals surface area contributed by atoms with Crippen molar-refractivity contribution in [3.8, 4) is 34.3 Å². The molecule has 4 aromatic heterocycles. The summed E-state index contributed by atoms with van der Waals surface area (Å²) in [7, 11) is 0. The predicted molar refractivity (Wildman–Crippen MR) is 202 cm³/mol. The Morgan fingerprint density at radius 1 is 0.680 bits per heavy atom. The number of aryl methyl sites for hydroxylation is 1. The smallest absolute Gasteiger partial charge is 0.228 e. The number of benzene rings is 5. The Morgan fingerprint density at radius 2 is 1.36 bits per heavy atom. The van der Waals surface area contributed by atoms with Crippen molar-refractivity contribution in [3.05, 3.63) is 126 Å². The lowest BCUT2D eigenvalue weighted by Gasteiger charge is -2.24. The van der Waals surface area contributed by atoms with E-state index in [4.69, 9.17) is 17.9 Å². The van der Waals surface area contributed by atoms with Gasteiger partial charge in [-0.3, -0.25) is 4.57 Å². The van der Waals surface area contributed by atoms with E-state index in [0.717, 1.165) is 55.0 Å². The standard InChI is InChI=1S/C44H34N4O2/c1-24(2)35-21-28(27-12-7-6-8-13-27)22-36(25(3)4)39(35)48-38-26(5)11-9-16-37(38)47-43(48)34-15-10-14-30-31-19-20-32-33-18-17-29(23-45)46-44(33)50-42(32)41(31)49-40(30)34/h6-22,24-25H,1-5H3/i5D3. The van der Waals surface area contributed by atoms with Crippen LogP contribution >= 0.6 is 0 Å². The molecule has 0 spiro atoms. The van der Waals surface area contributed by atoms with E-state index in [1.807, 2.05) is 60.7 Å². The molecule has 0 saturated carbocycles. The number of furan rings is 2. The van der Waals surface area contributed by atoms with Crippen molar-refractivity contribution in [1.29, 1.82) is 5.26 Å². The monoisotopic (exact) mass is 653 g/mol. The van der Waals surface area contributed by atoms with E-state index in [2.05, 4.69) is 67.6 Å². The van der Waals surface area contributed by atoms with Crippen molar-refractivity contribution in [3.63, 3.8) is 0 Å². The van der Waals surface area contributed by atoms with Crippen LogP contribution in [0.5, 0.6) is 0 Å². The number of imidazole rings is 1. The van der Waals surface area contributed by atoms with Crippen molar-refractivity contribution in [2.75, 3.05) is 0 Å². The number of hydrogen-bond acceptors (Lipinski definition) is 5. The van der Waals surface area contributed by atoms with Gasteiger partial charge in [-0.2, -0.15) is 5.26 Å². The molecule has 0 aliphatic carbocycles. The minimum Gasteiger partial charge on any atom is -0.451 e. The average molecular weight is 654 g/mol. The minimum atomic E-state index is -2.40. The molecular formula is C44H34N4O2. The summed E-state index contributed by atoms with van der Waals surface area (Å²) >= 11 is 0. The molecule has 6 heteroatoms. The van der Waals surface area contributed by atoms with E-state index in [1.54, 1.807) is 18.2 Å². The molecule has 0 bridgehead atoms. The largest absolute Gasteiger partial charge is 0.451 e. The van der Waals surface area contributed by atoms with Gasteiger partial charge in [0, 0.05) is 25.7 Å². The molecule has 0 unspecified atom stereocenters. The molecule has 0 aliphatic heterocycles. The van der Waals surface area contributed by atoms with Crippen molar-refractivity contribution >= 4 is 55.0 Å². The summed E-state index contributed by atoms with van der Waals surface area (Å²) in [6, 6.07) is 35.8. The van der Waals surface area contributed by atoms with Gasteiger partial charge in [0.05, 0.1) is 22.3 Å². The van der Waals surface area contributed by atoms with Gasteiger partial charge in [-0.1, -0.05) is 82.3 Å². The Bertz CT molecular complexity index is 2930. The van der Waals surface area contributed by atoms with E-state index in [1.165, 1.54) is 0 Å². The lowest BCUT2D eigenvalue weighted by Crippen LogP contribution is -2.10. The Balaban J connectivity index is 1.40.